The molecule has 4 rings (SSSR count). The van der Waals surface area contributed by atoms with E-state index in [-0.39, 0.29) is 29.8 Å². The van der Waals surface area contributed by atoms with Gasteiger partial charge < -0.3 is 20.7 Å². The average Bonchev–Trinajstić information content (AvgIpc) is 3.95. The van der Waals surface area contributed by atoms with Crippen molar-refractivity contribution in [2.75, 3.05) is 13.7 Å². The van der Waals surface area contributed by atoms with Gasteiger partial charge in [0.25, 0.3) is 0 Å². The SMILES string of the molecule is COC(=O)N([C@H](C(N)=O)C(c1ccccc1)c1ccccc1)[C@](O)(CCC[C@H](C)N(CCC(C)C)S(=O)(=O)c1ccc(CO)cc1)C1CC1. The first-order chi connectivity index (χ1) is 23.3. The minimum absolute atomic E-state index is 0.0838. The van der Waals surface area contributed by atoms with Gasteiger partial charge in [-0.05, 0) is 80.2 Å². The van der Waals surface area contributed by atoms with E-state index in [1.807, 2.05) is 81.4 Å². The zero-order chi connectivity index (χ0) is 35.8. The Morgan fingerprint density at radius 2 is 1.47 bits per heavy atom. The third-order valence-electron chi connectivity index (χ3n) is 9.52. The third-order valence-corrected chi connectivity index (χ3v) is 11.5. The molecule has 1 fully saturated rings. The number of ether oxygens (including phenoxy) is 1. The Morgan fingerprint density at radius 1 is 0.918 bits per heavy atom. The van der Waals surface area contributed by atoms with E-state index in [0.29, 0.717) is 44.2 Å². The number of carbonyl (C=O) groups is 2. The van der Waals surface area contributed by atoms with Crippen LogP contribution in [0.1, 0.15) is 81.9 Å². The van der Waals surface area contributed by atoms with Crippen LogP contribution in [0.3, 0.4) is 0 Å². The van der Waals surface area contributed by atoms with Gasteiger partial charge in [-0.2, -0.15) is 4.31 Å². The molecule has 3 aromatic rings. The van der Waals surface area contributed by atoms with Crippen LogP contribution in [-0.4, -0.2) is 71.3 Å². The molecule has 0 bridgehead atoms. The molecule has 3 atom stereocenters. The van der Waals surface area contributed by atoms with E-state index >= 15 is 0 Å². The number of benzene rings is 3. The molecular weight excluding hydrogens is 642 g/mol. The van der Waals surface area contributed by atoms with Crippen molar-refractivity contribution in [3.63, 3.8) is 0 Å². The topological polar surface area (TPSA) is 150 Å². The molecule has 1 aliphatic carbocycles. The predicted molar refractivity (Wildman–Crippen MR) is 189 cm³/mol. The Hall–Kier alpha value is -3.77. The van der Waals surface area contributed by atoms with E-state index in [2.05, 4.69) is 0 Å². The summed E-state index contributed by atoms with van der Waals surface area (Å²) in [5.41, 5.74) is 6.46. The molecule has 3 aromatic carbocycles. The molecule has 0 saturated heterocycles. The number of nitrogens with two attached hydrogens (primary N) is 1. The lowest BCUT2D eigenvalue weighted by Crippen LogP contribution is -2.63. The molecule has 0 aliphatic heterocycles. The first kappa shape index (κ1) is 38.0. The first-order valence-electron chi connectivity index (χ1n) is 17.1. The molecule has 0 heterocycles. The molecule has 0 aromatic heterocycles. The largest absolute Gasteiger partial charge is 0.453 e. The third kappa shape index (κ3) is 9.08. The van der Waals surface area contributed by atoms with E-state index < -0.39 is 45.8 Å². The highest BCUT2D eigenvalue weighted by molar-refractivity contribution is 7.89. The number of amides is 2. The van der Waals surface area contributed by atoms with Gasteiger partial charge in [0.1, 0.15) is 11.8 Å². The Balaban J connectivity index is 1.66. The number of primary amides is 1. The van der Waals surface area contributed by atoms with Crippen LogP contribution in [0.25, 0.3) is 0 Å². The maximum Gasteiger partial charge on any atom is 0.412 e. The van der Waals surface area contributed by atoms with Crippen LogP contribution in [-0.2, 0) is 26.2 Å². The second-order valence-electron chi connectivity index (χ2n) is 13.5. The number of rotatable bonds is 18. The van der Waals surface area contributed by atoms with Crippen LogP contribution in [0.5, 0.6) is 0 Å². The van der Waals surface area contributed by atoms with Gasteiger partial charge in [-0.15, -0.1) is 0 Å². The summed E-state index contributed by atoms with van der Waals surface area (Å²) in [6.45, 7) is 6.05. The first-order valence-corrected chi connectivity index (χ1v) is 18.5. The monoisotopic (exact) mass is 693 g/mol. The molecular formula is C38H51N3O7S. The van der Waals surface area contributed by atoms with E-state index in [4.69, 9.17) is 10.5 Å². The maximum absolute atomic E-state index is 13.9. The van der Waals surface area contributed by atoms with Gasteiger partial charge in [-0.3, -0.25) is 9.69 Å². The number of aliphatic hydroxyl groups is 2. The molecule has 266 valence electrons. The summed E-state index contributed by atoms with van der Waals surface area (Å²) in [4.78, 5) is 28.5. The summed E-state index contributed by atoms with van der Waals surface area (Å²) in [5, 5.41) is 22.0. The molecule has 0 radical (unpaired) electrons. The number of carbonyl (C=O) groups excluding carboxylic acids is 2. The van der Waals surface area contributed by atoms with E-state index in [0.717, 1.165) is 16.0 Å². The Bertz CT molecular complexity index is 1580. The minimum Gasteiger partial charge on any atom is -0.453 e. The van der Waals surface area contributed by atoms with Crippen LogP contribution in [0, 0.1) is 11.8 Å². The van der Waals surface area contributed by atoms with Crippen molar-refractivity contribution in [1.82, 2.24) is 9.21 Å². The summed E-state index contributed by atoms with van der Waals surface area (Å²) in [5.74, 6) is -1.53. The van der Waals surface area contributed by atoms with Gasteiger partial charge in [-0.25, -0.2) is 13.2 Å². The number of hydrogen-bond acceptors (Lipinski definition) is 7. The molecule has 4 N–H and O–H groups in total. The highest BCUT2D eigenvalue weighted by Gasteiger charge is 2.55. The standard InChI is InChI=1S/C38H51N3O7S/c1-27(2)23-25-40(49(46,47)33-21-17-29(26-42)18-22-33)28(3)12-11-24-38(45,32-19-20-32)41(37(44)48-4)35(36(39)43)34(30-13-7-5-8-14-30)31-15-9-6-10-16-31/h5-10,13-18,21-22,27-28,32,34-35,42,45H,11-12,19-20,23-26H2,1-4H3,(H2,39,43)/t28-,35-,38-/m0/s1. The van der Waals surface area contributed by atoms with E-state index in [1.165, 1.54) is 23.5 Å². The van der Waals surface area contributed by atoms with Crippen LogP contribution in [0.4, 0.5) is 4.79 Å². The maximum atomic E-state index is 13.9. The average molecular weight is 694 g/mol. The summed E-state index contributed by atoms with van der Waals surface area (Å²) >= 11 is 0. The number of nitrogens with zero attached hydrogens (tertiary/aromatic N) is 2. The second kappa shape index (κ2) is 16.8. The number of sulfonamides is 1. The molecule has 0 unspecified atom stereocenters. The van der Waals surface area contributed by atoms with Gasteiger partial charge in [0.2, 0.25) is 15.9 Å². The quantitative estimate of drug-likeness (QED) is 0.146. The molecule has 10 nitrogen and oxygen atoms in total. The van der Waals surface area contributed by atoms with E-state index in [9.17, 15) is 28.2 Å². The Labute approximate surface area is 290 Å². The van der Waals surface area contributed by atoms with Crippen molar-refractivity contribution < 1.29 is 33.0 Å². The van der Waals surface area contributed by atoms with Gasteiger partial charge in [0, 0.05) is 24.4 Å². The minimum atomic E-state index is -3.88. The van der Waals surface area contributed by atoms with Crippen molar-refractivity contribution in [2.45, 2.75) is 94.5 Å². The molecule has 11 heteroatoms. The highest BCUT2D eigenvalue weighted by atomic mass is 32.2. The summed E-state index contributed by atoms with van der Waals surface area (Å²) in [6.07, 6.45) is 1.90. The number of hydrogen-bond donors (Lipinski definition) is 3. The second-order valence-corrected chi connectivity index (χ2v) is 15.4. The van der Waals surface area contributed by atoms with Crippen molar-refractivity contribution in [3.8, 4) is 0 Å². The smallest absolute Gasteiger partial charge is 0.412 e. The number of aliphatic hydroxyl groups excluding tert-OH is 1. The van der Waals surface area contributed by atoms with Crippen molar-refractivity contribution in [1.29, 1.82) is 0 Å². The molecule has 0 spiro atoms. The molecule has 1 saturated carbocycles. The predicted octanol–water partition coefficient (Wildman–Crippen LogP) is 5.63. The zero-order valence-electron chi connectivity index (χ0n) is 28.9. The fourth-order valence-electron chi connectivity index (χ4n) is 6.66. The van der Waals surface area contributed by atoms with Gasteiger partial charge in [0.05, 0.1) is 18.6 Å². The van der Waals surface area contributed by atoms with E-state index in [1.54, 1.807) is 12.1 Å². The van der Waals surface area contributed by atoms with Crippen molar-refractivity contribution >= 4 is 22.0 Å². The summed E-state index contributed by atoms with van der Waals surface area (Å²) in [6, 6.07) is 23.1. The lowest BCUT2D eigenvalue weighted by molar-refractivity contribution is -0.152. The van der Waals surface area contributed by atoms with Crippen molar-refractivity contribution in [3.05, 3.63) is 102 Å². The fourth-order valence-corrected chi connectivity index (χ4v) is 8.34. The Kier molecular flexibility index (Phi) is 13.0. The van der Waals surface area contributed by atoms with Gasteiger partial charge in [0.15, 0.2) is 0 Å². The molecule has 1 aliphatic rings. The van der Waals surface area contributed by atoms with Crippen LogP contribution in [0.2, 0.25) is 0 Å². The highest BCUT2D eigenvalue weighted by Crippen LogP contribution is 2.47. The summed E-state index contributed by atoms with van der Waals surface area (Å²) in [7, 11) is -2.66. The zero-order valence-corrected chi connectivity index (χ0v) is 29.8. The normalized spacial score (nSPS) is 15.9. The molecule has 49 heavy (non-hydrogen) atoms. The van der Waals surface area contributed by atoms with Crippen LogP contribution in [0.15, 0.2) is 89.8 Å². The molecule has 2 amide bonds. The van der Waals surface area contributed by atoms with Gasteiger partial charge in [-0.1, -0.05) is 86.6 Å². The van der Waals surface area contributed by atoms with Crippen LogP contribution < -0.4 is 5.73 Å². The van der Waals surface area contributed by atoms with Crippen LogP contribution >= 0.6 is 0 Å². The fraction of sp³-hybridized carbons (Fsp3) is 0.474. The number of methoxy groups -OCH3 is 1. The van der Waals surface area contributed by atoms with Gasteiger partial charge >= 0.3 is 6.09 Å². The Morgan fingerprint density at radius 3 is 1.92 bits per heavy atom. The van der Waals surface area contributed by atoms with Crippen molar-refractivity contribution in [2.24, 2.45) is 17.6 Å². The lowest BCUT2D eigenvalue weighted by atomic mass is 9.82. The lowest BCUT2D eigenvalue weighted by Gasteiger charge is -2.45. The summed E-state index contributed by atoms with van der Waals surface area (Å²) < 4.78 is 34.5.